The highest BCUT2D eigenvalue weighted by Crippen LogP contribution is 2.32. The summed E-state index contributed by atoms with van der Waals surface area (Å²) in [6.45, 7) is 3.37. The van der Waals surface area contributed by atoms with Crippen LogP contribution >= 0.6 is 0 Å². The summed E-state index contributed by atoms with van der Waals surface area (Å²) in [5.74, 6) is -0.148. The van der Waals surface area contributed by atoms with Crippen LogP contribution in [0.2, 0.25) is 0 Å². The van der Waals surface area contributed by atoms with Gasteiger partial charge in [-0.1, -0.05) is 5.11 Å². The molecule has 1 rings (SSSR count). The van der Waals surface area contributed by atoms with Crippen LogP contribution in [0.3, 0.4) is 0 Å². The number of carbonyl (C=O) groups excluding carboxylic acids is 1. The second-order valence-electron chi connectivity index (χ2n) is 3.89. The van der Waals surface area contributed by atoms with E-state index in [-0.39, 0.29) is 5.97 Å². The maximum absolute atomic E-state index is 11.7. The summed E-state index contributed by atoms with van der Waals surface area (Å²) in [4.78, 5) is 14.4. The van der Waals surface area contributed by atoms with Crippen molar-refractivity contribution in [2.45, 2.75) is 38.1 Å². The van der Waals surface area contributed by atoms with Crippen molar-refractivity contribution in [3.8, 4) is 0 Å². The highest BCUT2D eigenvalue weighted by Gasteiger charge is 2.44. The van der Waals surface area contributed by atoms with Crippen LogP contribution in [0.15, 0.2) is 5.11 Å². The van der Waals surface area contributed by atoms with Gasteiger partial charge in [0.2, 0.25) is 0 Å². The highest BCUT2D eigenvalue weighted by molar-refractivity contribution is 5.82. The maximum Gasteiger partial charge on any atom is 0.326 e. The lowest BCUT2D eigenvalue weighted by Crippen LogP contribution is -2.58. The molecule has 0 bridgehead atoms. The zero-order valence-electron chi connectivity index (χ0n) is 9.61. The fourth-order valence-electron chi connectivity index (χ4n) is 1.77. The topological polar surface area (TPSA) is 87.1 Å². The SMILES string of the molecule is CCOC(=O)C1(NCCCN=[N+]=[N-])CCC1. The lowest BCUT2D eigenvalue weighted by molar-refractivity contribution is -0.155. The molecule has 1 aliphatic rings. The summed E-state index contributed by atoms with van der Waals surface area (Å²) in [5, 5.41) is 6.66. The Balaban J connectivity index is 2.30. The largest absolute Gasteiger partial charge is 0.465 e. The van der Waals surface area contributed by atoms with Crippen LogP contribution in [0.25, 0.3) is 10.4 Å². The van der Waals surface area contributed by atoms with Crippen LogP contribution in [-0.2, 0) is 9.53 Å². The highest BCUT2D eigenvalue weighted by atomic mass is 16.5. The minimum atomic E-state index is -0.466. The van der Waals surface area contributed by atoms with E-state index in [1.807, 2.05) is 6.92 Å². The molecule has 1 saturated carbocycles. The first-order valence-corrected chi connectivity index (χ1v) is 5.68. The van der Waals surface area contributed by atoms with Crippen LogP contribution in [0.5, 0.6) is 0 Å². The average molecular weight is 226 g/mol. The van der Waals surface area contributed by atoms with Gasteiger partial charge in [-0.3, -0.25) is 4.79 Å². The third-order valence-electron chi connectivity index (χ3n) is 2.83. The molecule has 0 unspecified atom stereocenters. The molecule has 6 heteroatoms. The van der Waals surface area contributed by atoms with E-state index >= 15 is 0 Å². The molecule has 0 atom stereocenters. The van der Waals surface area contributed by atoms with Crippen molar-refractivity contribution in [3.63, 3.8) is 0 Å². The normalized spacial score (nSPS) is 17.1. The summed E-state index contributed by atoms with van der Waals surface area (Å²) >= 11 is 0. The molecule has 16 heavy (non-hydrogen) atoms. The van der Waals surface area contributed by atoms with Crippen LogP contribution < -0.4 is 5.32 Å². The molecule has 0 aromatic rings. The standard InChI is InChI=1S/C10H18N4O2/c1-2-16-9(15)10(5-3-6-10)12-7-4-8-13-14-11/h12H,2-8H2,1H3. The molecule has 0 heterocycles. The molecule has 0 aromatic heterocycles. The predicted octanol–water partition coefficient (Wildman–Crippen LogP) is 1.76. The van der Waals surface area contributed by atoms with Gasteiger partial charge in [-0.15, -0.1) is 0 Å². The molecule has 0 aliphatic heterocycles. The van der Waals surface area contributed by atoms with Crippen LogP contribution in [0, 0.1) is 0 Å². The third kappa shape index (κ3) is 3.12. The van der Waals surface area contributed by atoms with Gasteiger partial charge in [-0.05, 0) is 44.7 Å². The molecule has 1 aliphatic carbocycles. The van der Waals surface area contributed by atoms with E-state index in [1.54, 1.807) is 0 Å². The van der Waals surface area contributed by atoms with Crippen molar-refractivity contribution in [1.29, 1.82) is 0 Å². The molecule has 0 radical (unpaired) electrons. The molecule has 1 fully saturated rings. The van der Waals surface area contributed by atoms with Gasteiger partial charge in [0.25, 0.3) is 0 Å². The third-order valence-corrected chi connectivity index (χ3v) is 2.83. The summed E-state index contributed by atoms with van der Waals surface area (Å²) < 4.78 is 5.04. The van der Waals surface area contributed by atoms with Gasteiger partial charge >= 0.3 is 5.97 Å². The summed E-state index contributed by atoms with van der Waals surface area (Å²) in [7, 11) is 0. The molecule has 0 amide bonds. The zero-order chi connectivity index (χ0) is 11.9. The number of rotatable bonds is 7. The first-order valence-electron chi connectivity index (χ1n) is 5.68. The predicted molar refractivity (Wildman–Crippen MR) is 59.8 cm³/mol. The molecule has 1 N–H and O–H groups in total. The molecule has 90 valence electrons. The first-order chi connectivity index (χ1) is 7.75. The Kier molecular flexibility index (Phi) is 5.08. The minimum Gasteiger partial charge on any atom is -0.465 e. The van der Waals surface area contributed by atoms with Crippen LogP contribution in [0.4, 0.5) is 0 Å². The second-order valence-corrected chi connectivity index (χ2v) is 3.89. The number of ether oxygens (including phenoxy) is 1. The monoisotopic (exact) mass is 226 g/mol. The maximum atomic E-state index is 11.7. The first kappa shape index (κ1) is 12.8. The van der Waals surface area contributed by atoms with Crippen molar-refractivity contribution in [1.82, 2.24) is 5.32 Å². The number of esters is 1. The summed E-state index contributed by atoms with van der Waals surface area (Å²) in [6, 6.07) is 0. The van der Waals surface area contributed by atoms with Crippen molar-refractivity contribution in [3.05, 3.63) is 10.4 Å². The Morgan fingerprint density at radius 3 is 2.88 bits per heavy atom. The van der Waals surface area contributed by atoms with E-state index in [0.717, 1.165) is 25.7 Å². The van der Waals surface area contributed by atoms with Crippen LogP contribution in [-0.4, -0.2) is 31.2 Å². The lowest BCUT2D eigenvalue weighted by atomic mass is 9.76. The number of hydrogen-bond acceptors (Lipinski definition) is 4. The van der Waals surface area contributed by atoms with E-state index in [9.17, 15) is 4.79 Å². The Bertz CT molecular complexity index is 283. The molecular formula is C10H18N4O2. The Morgan fingerprint density at radius 2 is 2.38 bits per heavy atom. The fourth-order valence-corrected chi connectivity index (χ4v) is 1.77. The van der Waals surface area contributed by atoms with E-state index < -0.39 is 5.54 Å². The van der Waals surface area contributed by atoms with Crippen molar-refractivity contribution in [2.75, 3.05) is 19.7 Å². The second kappa shape index (κ2) is 6.35. The number of carbonyl (C=O) groups is 1. The van der Waals surface area contributed by atoms with Gasteiger partial charge in [0.1, 0.15) is 5.54 Å². The number of nitrogens with one attached hydrogen (secondary N) is 1. The van der Waals surface area contributed by atoms with Gasteiger partial charge in [-0.2, -0.15) is 0 Å². The lowest BCUT2D eigenvalue weighted by Gasteiger charge is -2.40. The molecular weight excluding hydrogens is 208 g/mol. The number of hydrogen-bond donors (Lipinski definition) is 1. The number of azide groups is 1. The zero-order valence-corrected chi connectivity index (χ0v) is 9.61. The quantitative estimate of drug-likeness (QED) is 0.236. The molecule has 0 aromatic carbocycles. The average Bonchev–Trinajstić information content (AvgIpc) is 2.21. The minimum absolute atomic E-state index is 0.148. The van der Waals surface area contributed by atoms with Gasteiger partial charge in [0, 0.05) is 11.5 Å². The molecule has 0 spiro atoms. The van der Waals surface area contributed by atoms with Crippen LogP contribution in [0.1, 0.15) is 32.6 Å². The Labute approximate surface area is 95.0 Å². The summed E-state index contributed by atoms with van der Waals surface area (Å²) in [5.41, 5.74) is 7.64. The fraction of sp³-hybridized carbons (Fsp3) is 0.900. The van der Waals surface area contributed by atoms with E-state index in [2.05, 4.69) is 15.3 Å². The van der Waals surface area contributed by atoms with Crippen molar-refractivity contribution in [2.24, 2.45) is 5.11 Å². The Hall–Kier alpha value is -1.26. The van der Waals surface area contributed by atoms with Gasteiger partial charge in [-0.25, -0.2) is 0 Å². The van der Waals surface area contributed by atoms with Crippen molar-refractivity contribution >= 4 is 5.97 Å². The van der Waals surface area contributed by atoms with Gasteiger partial charge in [0.05, 0.1) is 6.61 Å². The van der Waals surface area contributed by atoms with Crippen molar-refractivity contribution < 1.29 is 9.53 Å². The van der Waals surface area contributed by atoms with E-state index in [0.29, 0.717) is 19.7 Å². The van der Waals surface area contributed by atoms with Gasteiger partial charge in [0.15, 0.2) is 0 Å². The smallest absolute Gasteiger partial charge is 0.326 e. The van der Waals surface area contributed by atoms with E-state index in [1.165, 1.54) is 0 Å². The van der Waals surface area contributed by atoms with Gasteiger partial charge < -0.3 is 10.1 Å². The Morgan fingerprint density at radius 1 is 1.62 bits per heavy atom. The van der Waals surface area contributed by atoms with E-state index in [4.69, 9.17) is 10.3 Å². The molecule has 6 nitrogen and oxygen atoms in total. The molecule has 0 saturated heterocycles. The number of nitrogens with zero attached hydrogens (tertiary/aromatic N) is 3. The summed E-state index contributed by atoms with van der Waals surface area (Å²) in [6.07, 6.45) is 3.48.